The molecule has 2 atom stereocenters. The zero-order valence-corrected chi connectivity index (χ0v) is 19.0. The lowest BCUT2D eigenvalue weighted by molar-refractivity contribution is 0.0863. The average Bonchev–Trinajstić information content (AvgIpc) is 3.34. The number of anilines is 1. The molecule has 8 nitrogen and oxygen atoms in total. The lowest BCUT2D eigenvalue weighted by Crippen LogP contribution is -2.53. The number of carbonyl (C=O) groups is 3. The predicted molar refractivity (Wildman–Crippen MR) is 131 cm³/mol. The van der Waals surface area contributed by atoms with E-state index < -0.39 is 0 Å². The summed E-state index contributed by atoms with van der Waals surface area (Å²) < 4.78 is 0. The first-order valence-electron chi connectivity index (χ1n) is 11.9. The summed E-state index contributed by atoms with van der Waals surface area (Å²) in [6, 6.07) is 14.3. The molecule has 2 heterocycles. The van der Waals surface area contributed by atoms with Crippen molar-refractivity contribution in [3.63, 3.8) is 0 Å². The standard InChI is InChI=1S/C26H29N5O3/c32-24(18-8-10-20(11-9-18)31-15-3-13-28-26(31)34)29-21-4-1-2-5-22(21)30-25(33)19-7-6-17-12-14-27-23(17)16-19/h6-12,14,16,21-22,27H,1-5,13,15H2,(H,28,34)(H,29,32)(H,30,33). The van der Waals surface area contributed by atoms with Gasteiger partial charge in [-0.2, -0.15) is 0 Å². The van der Waals surface area contributed by atoms with Gasteiger partial charge in [0, 0.05) is 53.7 Å². The van der Waals surface area contributed by atoms with Gasteiger partial charge < -0.3 is 20.9 Å². The number of hydrogen-bond donors (Lipinski definition) is 4. The number of urea groups is 1. The summed E-state index contributed by atoms with van der Waals surface area (Å²) in [5.41, 5.74) is 2.83. The Morgan fingerprint density at radius 2 is 1.53 bits per heavy atom. The first-order valence-corrected chi connectivity index (χ1v) is 11.9. The minimum atomic E-state index is -0.173. The van der Waals surface area contributed by atoms with Crippen LogP contribution in [0.15, 0.2) is 54.7 Å². The Bertz CT molecular complexity index is 1200. The van der Waals surface area contributed by atoms with E-state index in [1.807, 2.05) is 30.5 Å². The Hall–Kier alpha value is -3.81. The molecule has 1 aliphatic heterocycles. The van der Waals surface area contributed by atoms with E-state index in [9.17, 15) is 14.4 Å². The highest BCUT2D eigenvalue weighted by Gasteiger charge is 2.28. The van der Waals surface area contributed by atoms with Crippen molar-refractivity contribution >= 4 is 34.4 Å². The average molecular weight is 460 g/mol. The summed E-state index contributed by atoms with van der Waals surface area (Å²) in [6.45, 7) is 1.35. The number of rotatable bonds is 5. The molecule has 3 aromatic rings. The summed E-state index contributed by atoms with van der Waals surface area (Å²) in [7, 11) is 0. The van der Waals surface area contributed by atoms with Crippen molar-refractivity contribution < 1.29 is 14.4 Å². The molecule has 8 heteroatoms. The molecule has 176 valence electrons. The molecular weight excluding hydrogens is 430 g/mol. The van der Waals surface area contributed by atoms with Crippen LogP contribution in [-0.4, -0.2) is 48.0 Å². The van der Waals surface area contributed by atoms with Gasteiger partial charge in [-0.05, 0) is 67.1 Å². The molecule has 2 aliphatic rings. The van der Waals surface area contributed by atoms with Crippen LogP contribution >= 0.6 is 0 Å². The topological polar surface area (TPSA) is 106 Å². The molecule has 2 aromatic carbocycles. The summed E-state index contributed by atoms with van der Waals surface area (Å²) in [5.74, 6) is -0.305. The third kappa shape index (κ3) is 4.62. The fraction of sp³-hybridized carbons (Fsp3) is 0.346. The van der Waals surface area contributed by atoms with Crippen LogP contribution in [0.1, 0.15) is 52.8 Å². The van der Waals surface area contributed by atoms with E-state index in [-0.39, 0.29) is 29.9 Å². The Balaban J connectivity index is 1.23. The van der Waals surface area contributed by atoms with Gasteiger partial charge in [0.25, 0.3) is 11.8 Å². The molecule has 0 bridgehead atoms. The smallest absolute Gasteiger partial charge is 0.321 e. The van der Waals surface area contributed by atoms with Gasteiger partial charge in [0.05, 0.1) is 0 Å². The highest BCUT2D eigenvalue weighted by atomic mass is 16.2. The molecule has 2 fully saturated rings. The highest BCUT2D eigenvalue weighted by Crippen LogP contribution is 2.22. The van der Waals surface area contributed by atoms with Crippen LogP contribution in [0.25, 0.3) is 10.9 Å². The number of nitrogens with zero attached hydrogens (tertiary/aromatic N) is 1. The summed E-state index contributed by atoms with van der Waals surface area (Å²) >= 11 is 0. The maximum Gasteiger partial charge on any atom is 0.321 e. The zero-order valence-electron chi connectivity index (χ0n) is 19.0. The molecule has 34 heavy (non-hydrogen) atoms. The number of benzene rings is 2. The summed E-state index contributed by atoms with van der Waals surface area (Å²) in [4.78, 5) is 42.8. The fourth-order valence-corrected chi connectivity index (χ4v) is 4.84. The van der Waals surface area contributed by atoms with E-state index in [0.717, 1.165) is 48.7 Å². The Kier molecular flexibility index (Phi) is 6.20. The van der Waals surface area contributed by atoms with Crippen LogP contribution in [-0.2, 0) is 0 Å². The van der Waals surface area contributed by atoms with Crippen LogP contribution in [0.5, 0.6) is 0 Å². The minimum Gasteiger partial charge on any atom is -0.361 e. The number of fused-ring (bicyclic) bond motifs is 1. The van der Waals surface area contributed by atoms with Gasteiger partial charge in [0.1, 0.15) is 0 Å². The van der Waals surface area contributed by atoms with Gasteiger partial charge in [0.2, 0.25) is 0 Å². The third-order valence-electron chi connectivity index (χ3n) is 6.74. The van der Waals surface area contributed by atoms with Gasteiger partial charge in [-0.3, -0.25) is 14.5 Å². The van der Waals surface area contributed by atoms with Crippen molar-refractivity contribution in [2.75, 3.05) is 18.0 Å². The number of amides is 4. The predicted octanol–water partition coefficient (Wildman–Crippen LogP) is 3.56. The van der Waals surface area contributed by atoms with Crippen LogP contribution < -0.4 is 20.9 Å². The highest BCUT2D eigenvalue weighted by molar-refractivity contribution is 5.99. The second kappa shape index (κ2) is 9.59. The first kappa shape index (κ1) is 22.0. The Morgan fingerprint density at radius 3 is 2.24 bits per heavy atom. The Labute approximate surface area is 198 Å². The molecule has 1 aliphatic carbocycles. The van der Waals surface area contributed by atoms with Crippen LogP contribution in [0.4, 0.5) is 10.5 Å². The van der Waals surface area contributed by atoms with E-state index in [1.165, 1.54) is 0 Å². The molecule has 0 spiro atoms. The normalized spacial score (nSPS) is 20.6. The van der Waals surface area contributed by atoms with Crippen molar-refractivity contribution in [2.45, 2.75) is 44.2 Å². The van der Waals surface area contributed by atoms with Gasteiger partial charge in [-0.25, -0.2) is 4.79 Å². The van der Waals surface area contributed by atoms with Crippen molar-refractivity contribution in [2.24, 2.45) is 0 Å². The van der Waals surface area contributed by atoms with E-state index in [2.05, 4.69) is 20.9 Å². The molecule has 1 saturated heterocycles. The molecule has 4 amide bonds. The monoisotopic (exact) mass is 459 g/mol. The number of nitrogens with one attached hydrogen (secondary N) is 4. The second-order valence-corrected chi connectivity index (χ2v) is 9.01. The maximum atomic E-state index is 13.0. The molecular formula is C26H29N5O3. The lowest BCUT2D eigenvalue weighted by atomic mass is 9.89. The van der Waals surface area contributed by atoms with Gasteiger partial charge in [0.15, 0.2) is 0 Å². The quantitative estimate of drug-likeness (QED) is 0.469. The third-order valence-corrected chi connectivity index (χ3v) is 6.74. The second-order valence-electron chi connectivity index (χ2n) is 9.01. The number of carbonyl (C=O) groups excluding carboxylic acids is 3. The molecule has 1 aromatic heterocycles. The van der Waals surface area contributed by atoms with Gasteiger partial charge >= 0.3 is 6.03 Å². The molecule has 4 N–H and O–H groups in total. The fourth-order valence-electron chi connectivity index (χ4n) is 4.84. The van der Waals surface area contributed by atoms with E-state index in [0.29, 0.717) is 24.2 Å². The number of H-pyrrole nitrogens is 1. The first-order chi connectivity index (χ1) is 16.6. The number of hydrogen-bond acceptors (Lipinski definition) is 3. The van der Waals surface area contributed by atoms with E-state index in [1.54, 1.807) is 29.2 Å². The minimum absolute atomic E-state index is 0.111. The Morgan fingerprint density at radius 1 is 0.853 bits per heavy atom. The van der Waals surface area contributed by atoms with Crippen molar-refractivity contribution in [1.82, 2.24) is 20.9 Å². The lowest BCUT2D eigenvalue weighted by Gasteiger charge is -2.33. The van der Waals surface area contributed by atoms with Crippen molar-refractivity contribution in [3.8, 4) is 0 Å². The zero-order chi connectivity index (χ0) is 23.5. The van der Waals surface area contributed by atoms with Crippen LogP contribution in [0, 0.1) is 0 Å². The molecule has 2 unspecified atom stereocenters. The van der Waals surface area contributed by atoms with E-state index in [4.69, 9.17) is 0 Å². The number of aromatic nitrogens is 1. The summed E-state index contributed by atoms with van der Waals surface area (Å²) in [5, 5.41) is 10.2. The summed E-state index contributed by atoms with van der Waals surface area (Å²) in [6.07, 6.45) is 6.41. The van der Waals surface area contributed by atoms with Crippen molar-refractivity contribution in [3.05, 3.63) is 65.9 Å². The van der Waals surface area contributed by atoms with Crippen LogP contribution in [0.2, 0.25) is 0 Å². The molecule has 1 saturated carbocycles. The SMILES string of the molecule is O=C(NC1CCCCC1NC(=O)c1ccc2cc[nH]c2c1)c1ccc(N2CCCNC2=O)cc1. The van der Waals surface area contributed by atoms with E-state index >= 15 is 0 Å². The van der Waals surface area contributed by atoms with Gasteiger partial charge in [-0.1, -0.05) is 18.9 Å². The van der Waals surface area contributed by atoms with Crippen molar-refractivity contribution in [1.29, 1.82) is 0 Å². The molecule has 5 rings (SSSR count). The molecule has 0 radical (unpaired) electrons. The maximum absolute atomic E-state index is 13.0. The largest absolute Gasteiger partial charge is 0.361 e. The number of aromatic amines is 1. The van der Waals surface area contributed by atoms with Crippen LogP contribution in [0.3, 0.4) is 0 Å². The van der Waals surface area contributed by atoms with Gasteiger partial charge in [-0.15, -0.1) is 0 Å².